The molecule has 0 heterocycles. The van der Waals surface area contributed by atoms with Gasteiger partial charge in [0.05, 0.1) is 0 Å². The van der Waals surface area contributed by atoms with Crippen LogP contribution in [0.1, 0.15) is 0 Å². The van der Waals surface area contributed by atoms with Crippen molar-refractivity contribution in [2.75, 3.05) is 0 Å². The van der Waals surface area contributed by atoms with E-state index in [1.54, 1.807) is 19.6 Å². The first-order valence-electron chi connectivity index (χ1n) is 0.717. The van der Waals surface area contributed by atoms with Gasteiger partial charge in [-0.05, 0) is 49.3 Å². The Bertz CT molecular complexity index is 15.1. The summed E-state index contributed by atoms with van der Waals surface area (Å²) in [6.45, 7) is 0.864. The van der Waals surface area contributed by atoms with Crippen LogP contribution < -0.4 is 0 Å². The maximum absolute atomic E-state index is 3.19. The van der Waals surface area contributed by atoms with Gasteiger partial charge in [-0.15, -0.1) is 0 Å². The molecule has 0 amide bonds. The van der Waals surface area contributed by atoms with Crippen molar-refractivity contribution in [1.29, 1.82) is 0 Å². The third kappa shape index (κ3) is 6.09. The molecular weight excluding hydrogens is 255 g/mol. The number of hydrogen-bond donors (Lipinski definition) is 0. The molecule has 0 aromatic heterocycles. The quantitative estimate of drug-likeness (QED) is 0.692. The highest BCUT2D eigenvalue weighted by atomic mass is 79.9. The van der Waals surface area contributed by atoms with Crippen LogP contribution in [0.3, 0.4) is 0 Å². The van der Waals surface area contributed by atoms with Gasteiger partial charge >= 0.3 is 0 Å². The zero-order valence-corrected chi connectivity index (χ0v) is 7.88. The van der Waals surface area contributed by atoms with Gasteiger partial charge in [-0.3, -0.25) is 0 Å². The van der Waals surface area contributed by atoms with E-state index in [-0.39, 0.29) is 0 Å². The molecule has 32 valence electrons. The highest BCUT2D eigenvalue weighted by molar-refractivity contribution is 9.67. The van der Waals surface area contributed by atoms with Gasteiger partial charge in [0.25, 0.3) is 0 Å². The van der Waals surface area contributed by atoms with E-state index in [0.29, 0.717) is 0 Å². The first kappa shape index (κ1) is 7.09. The van der Waals surface area contributed by atoms with Gasteiger partial charge in [0.15, 0.2) is 0 Å². The minimum Gasteiger partial charge on any atom is -0.0473 e. The monoisotopic (exact) mass is 254 g/mol. The van der Waals surface area contributed by atoms with Crippen LogP contribution in [-0.4, -0.2) is 0 Å². The zero-order valence-electron chi connectivity index (χ0n) is 2.07. The molecule has 0 unspecified atom stereocenters. The lowest BCUT2D eigenvalue weighted by Crippen LogP contribution is -0.982. The lowest BCUT2D eigenvalue weighted by atomic mass is 30.0. The largest absolute Gasteiger partial charge is 0.0473 e. The zero-order chi connectivity index (χ0) is 4.12. The van der Waals surface area contributed by atoms with Gasteiger partial charge < -0.3 is 0 Å². The van der Waals surface area contributed by atoms with E-state index >= 15 is 0 Å². The molecule has 0 rings (SSSR count). The number of hydrogen-bond acceptors (Lipinski definition) is 2. The molecule has 0 nitrogen and oxygen atoms in total. The Kier molecular flexibility index (Phi) is 8.64. The van der Waals surface area contributed by atoms with Crippen molar-refractivity contribution in [1.82, 2.24) is 0 Å². The summed E-state index contributed by atoms with van der Waals surface area (Å²) in [5.41, 5.74) is 0. The average molecular weight is 256 g/mol. The van der Waals surface area contributed by atoms with Crippen LogP contribution in [0.4, 0.5) is 0 Å². The third-order valence-electron chi connectivity index (χ3n) is 0.0630. The SMILES string of the molecule is BrSPSBr. The van der Waals surface area contributed by atoms with Crippen LogP contribution in [-0.2, 0) is 0 Å². The summed E-state index contributed by atoms with van der Waals surface area (Å²) in [7, 11) is 3.32. The van der Waals surface area contributed by atoms with Crippen molar-refractivity contribution in [2.24, 2.45) is 0 Å². The Morgan fingerprint density at radius 1 is 1.20 bits per heavy atom. The van der Waals surface area contributed by atoms with E-state index in [4.69, 9.17) is 0 Å². The fraction of sp³-hybridized carbons (Fsp3) is 0. The van der Waals surface area contributed by atoms with E-state index in [1.807, 2.05) is 0 Å². The highest BCUT2D eigenvalue weighted by Gasteiger charge is 1.72. The van der Waals surface area contributed by atoms with Crippen molar-refractivity contribution in [3.05, 3.63) is 0 Å². The fourth-order valence-electron chi connectivity index (χ4n) is 0.0119. The van der Waals surface area contributed by atoms with Gasteiger partial charge in [0, 0.05) is 6.98 Å². The van der Waals surface area contributed by atoms with E-state index in [2.05, 4.69) is 29.6 Å². The van der Waals surface area contributed by atoms with Gasteiger partial charge in [0.1, 0.15) is 0 Å². The third-order valence-corrected chi connectivity index (χ3v) is 8.84. The Balaban J connectivity index is 2.19. The molecule has 0 aromatic carbocycles. The van der Waals surface area contributed by atoms with E-state index in [1.165, 1.54) is 0 Å². The fourth-order valence-corrected chi connectivity index (χ4v) is 8.68. The van der Waals surface area contributed by atoms with Crippen LogP contribution in [0.25, 0.3) is 0 Å². The Morgan fingerprint density at radius 3 is 1.60 bits per heavy atom. The summed E-state index contributed by atoms with van der Waals surface area (Å²) in [4.78, 5) is 0. The summed E-state index contributed by atoms with van der Waals surface area (Å²) in [5.74, 6) is 0. The van der Waals surface area contributed by atoms with E-state index in [9.17, 15) is 0 Å². The Morgan fingerprint density at radius 2 is 1.60 bits per heavy atom. The smallest absolute Gasteiger partial charge is 0.0232 e. The summed E-state index contributed by atoms with van der Waals surface area (Å²) in [6, 6.07) is 0. The first-order chi connectivity index (χ1) is 2.41. The number of halogens is 2. The van der Waals surface area contributed by atoms with Crippen molar-refractivity contribution >= 4 is 56.2 Å². The van der Waals surface area contributed by atoms with Gasteiger partial charge in [-0.25, -0.2) is 0 Å². The molecule has 0 fully saturated rings. The molecule has 0 aliphatic rings. The minimum absolute atomic E-state index is 0.864. The van der Waals surface area contributed by atoms with Crippen LogP contribution >= 0.6 is 56.2 Å². The second kappa shape index (κ2) is 6.09. The first-order valence-corrected chi connectivity index (χ1v) is 8.48. The lowest BCUT2D eigenvalue weighted by molar-refractivity contribution is 5.68. The van der Waals surface area contributed by atoms with Crippen LogP contribution in [0.15, 0.2) is 0 Å². The lowest BCUT2D eigenvalue weighted by Gasteiger charge is -1.75. The van der Waals surface area contributed by atoms with Crippen LogP contribution in [0.2, 0.25) is 0 Å². The molecule has 0 bridgehead atoms. The summed E-state index contributed by atoms with van der Waals surface area (Å²) < 4.78 is 0. The summed E-state index contributed by atoms with van der Waals surface area (Å²) >= 11 is 6.38. The predicted molar refractivity (Wildman–Crippen MR) is 41.4 cm³/mol. The van der Waals surface area contributed by atoms with Gasteiger partial charge in [-0.2, -0.15) is 0 Å². The molecule has 0 aliphatic heterocycles. The summed E-state index contributed by atoms with van der Waals surface area (Å²) in [6.07, 6.45) is 0. The van der Waals surface area contributed by atoms with Crippen molar-refractivity contribution < 1.29 is 0 Å². The molecule has 0 atom stereocenters. The molecule has 0 radical (unpaired) electrons. The molecule has 0 aliphatic carbocycles. The van der Waals surface area contributed by atoms with Gasteiger partial charge in [-0.1, -0.05) is 0 Å². The predicted octanol–water partition coefficient (Wildman–Crippen LogP) is 3.58. The minimum atomic E-state index is 0.864. The average Bonchev–Trinajstić information content (AvgIpc) is 1.41. The molecule has 0 N–H and O–H groups in total. The normalized spacial score (nSPS) is 8.40. The molecule has 0 aromatic rings. The Hall–Kier alpha value is 2.09. The molecule has 0 spiro atoms. The standard InChI is InChI=1S/Br2HPS2/c1-4-3-5-2/h3H. The highest BCUT2D eigenvalue weighted by Crippen LogP contribution is 2.49. The molecule has 5 heavy (non-hydrogen) atoms. The second-order valence-corrected chi connectivity index (χ2v) is 9.47. The molecule has 0 saturated carbocycles. The summed E-state index contributed by atoms with van der Waals surface area (Å²) in [5, 5.41) is 0. The van der Waals surface area contributed by atoms with Crippen molar-refractivity contribution in [3.8, 4) is 0 Å². The van der Waals surface area contributed by atoms with Crippen molar-refractivity contribution in [3.63, 3.8) is 0 Å². The van der Waals surface area contributed by atoms with Crippen LogP contribution in [0, 0.1) is 0 Å². The van der Waals surface area contributed by atoms with Crippen molar-refractivity contribution in [2.45, 2.75) is 0 Å². The number of rotatable bonds is 2. The van der Waals surface area contributed by atoms with Gasteiger partial charge in [0.2, 0.25) is 0 Å². The molecule has 5 heteroatoms. The van der Waals surface area contributed by atoms with E-state index in [0.717, 1.165) is 6.98 Å². The topological polar surface area (TPSA) is 0 Å². The molecular formula is HBr2PS2. The maximum atomic E-state index is 3.19. The van der Waals surface area contributed by atoms with Crippen LogP contribution in [0.5, 0.6) is 0 Å². The Labute approximate surface area is 55.9 Å². The molecule has 0 saturated heterocycles. The second-order valence-electron chi connectivity index (χ2n) is 0.238. The maximum Gasteiger partial charge on any atom is 0.0232 e. The van der Waals surface area contributed by atoms with E-state index < -0.39 is 0 Å².